The summed E-state index contributed by atoms with van der Waals surface area (Å²) in [5.41, 5.74) is 5.24. The molecular weight excluding hydrogens is 342 g/mol. The highest BCUT2D eigenvalue weighted by atomic mass is 32.1. The average molecular weight is 361 g/mol. The van der Waals surface area contributed by atoms with Crippen molar-refractivity contribution in [3.05, 3.63) is 46.4 Å². The molecule has 2 rings (SSSR count). The Morgan fingerprint density at radius 1 is 1.20 bits per heavy atom. The minimum absolute atomic E-state index is 0.251. The first-order valence-corrected chi connectivity index (χ1v) is 8.50. The zero-order chi connectivity index (χ0) is 18.1. The fraction of sp³-hybridized carbons (Fsp3) is 0.235. The minimum Gasteiger partial charge on any atom is -0.490 e. The van der Waals surface area contributed by atoms with Crippen molar-refractivity contribution in [3.63, 3.8) is 0 Å². The van der Waals surface area contributed by atoms with E-state index >= 15 is 0 Å². The molecule has 0 spiro atoms. The number of hydrazine groups is 1. The number of benzene rings is 1. The third-order valence-corrected chi connectivity index (χ3v) is 3.67. The van der Waals surface area contributed by atoms with Gasteiger partial charge in [-0.3, -0.25) is 20.4 Å². The third-order valence-electron chi connectivity index (χ3n) is 2.88. The molecular formula is C17H19N3O4S. The van der Waals surface area contributed by atoms with Gasteiger partial charge in [-0.2, -0.15) is 0 Å². The maximum Gasteiger partial charge on any atom is 0.276 e. The molecule has 0 aliphatic heterocycles. The number of nitrogens with one attached hydrogen (secondary N) is 2. The summed E-state index contributed by atoms with van der Waals surface area (Å²) < 4.78 is 10.8. The maximum atomic E-state index is 11.7. The summed E-state index contributed by atoms with van der Waals surface area (Å²) in [5, 5.41) is 2.75. The predicted octanol–water partition coefficient (Wildman–Crippen LogP) is 2.09. The Balaban J connectivity index is 1.75. The van der Waals surface area contributed by atoms with Crippen LogP contribution >= 0.6 is 11.3 Å². The summed E-state index contributed by atoms with van der Waals surface area (Å²) in [5.74, 6) is 0.0687. The van der Waals surface area contributed by atoms with Crippen LogP contribution in [0.2, 0.25) is 0 Å². The first kappa shape index (κ1) is 18.5. The number of rotatable bonds is 7. The largest absolute Gasteiger partial charge is 0.490 e. The van der Waals surface area contributed by atoms with Gasteiger partial charge in [0, 0.05) is 11.5 Å². The summed E-state index contributed by atoms with van der Waals surface area (Å²) in [7, 11) is 0. The van der Waals surface area contributed by atoms with Crippen LogP contribution in [-0.4, -0.2) is 30.0 Å². The Bertz CT molecular complexity index is 758. The molecule has 0 atom stereocenters. The Kier molecular flexibility index (Phi) is 6.97. The number of amides is 2. The fourth-order valence-electron chi connectivity index (χ4n) is 1.81. The Labute approximate surface area is 149 Å². The molecule has 1 heterocycles. The van der Waals surface area contributed by atoms with Crippen LogP contribution in [0.3, 0.4) is 0 Å². The van der Waals surface area contributed by atoms with E-state index in [0.717, 1.165) is 5.01 Å². The van der Waals surface area contributed by atoms with Crippen LogP contribution in [0, 0.1) is 6.92 Å². The number of aryl methyl sites for hydroxylation is 1. The predicted molar refractivity (Wildman–Crippen MR) is 95.3 cm³/mol. The van der Waals surface area contributed by atoms with Gasteiger partial charge in [0.2, 0.25) is 0 Å². The summed E-state index contributed by atoms with van der Waals surface area (Å²) in [6.07, 6.45) is 2.86. The van der Waals surface area contributed by atoms with Crippen LogP contribution in [0.15, 0.2) is 35.7 Å². The number of nitrogens with zero attached hydrogens (tertiary/aromatic N) is 1. The van der Waals surface area contributed by atoms with Gasteiger partial charge in [0.1, 0.15) is 0 Å². The third kappa shape index (κ3) is 6.27. The molecule has 0 aliphatic rings. The molecule has 0 aliphatic carbocycles. The highest BCUT2D eigenvalue weighted by molar-refractivity contribution is 7.09. The van der Waals surface area contributed by atoms with E-state index in [2.05, 4.69) is 15.8 Å². The molecule has 132 valence electrons. The summed E-state index contributed by atoms with van der Waals surface area (Å²) in [6, 6.07) is 7.05. The first-order valence-electron chi connectivity index (χ1n) is 7.62. The van der Waals surface area contributed by atoms with Crippen molar-refractivity contribution in [1.82, 2.24) is 15.8 Å². The van der Waals surface area contributed by atoms with Crippen molar-refractivity contribution in [2.75, 3.05) is 13.2 Å². The molecule has 0 bridgehead atoms. The quantitative estimate of drug-likeness (QED) is 0.582. The van der Waals surface area contributed by atoms with Gasteiger partial charge in [-0.25, -0.2) is 4.98 Å². The molecule has 2 aromatic rings. The maximum absolute atomic E-state index is 11.7. The van der Waals surface area contributed by atoms with Gasteiger partial charge in [0.15, 0.2) is 18.1 Å². The van der Waals surface area contributed by atoms with Crippen LogP contribution in [-0.2, 0) is 9.59 Å². The zero-order valence-corrected chi connectivity index (χ0v) is 14.8. The lowest BCUT2D eigenvalue weighted by molar-refractivity contribution is -0.128. The van der Waals surface area contributed by atoms with Gasteiger partial charge in [-0.05, 0) is 32.1 Å². The molecule has 7 nitrogen and oxygen atoms in total. The van der Waals surface area contributed by atoms with Crippen molar-refractivity contribution in [2.24, 2.45) is 0 Å². The Morgan fingerprint density at radius 2 is 1.92 bits per heavy atom. The molecule has 8 heteroatoms. The molecule has 1 aromatic carbocycles. The number of carbonyl (C=O) groups is 2. The van der Waals surface area contributed by atoms with E-state index in [-0.39, 0.29) is 6.61 Å². The smallest absolute Gasteiger partial charge is 0.276 e. The highest BCUT2D eigenvalue weighted by Gasteiger charge is 2.07. The van der Waals surface area contributed by atoms with Crippen LogP contribution in [0.25, 0.3) is 6.08 Å². The molecule has 0 saturated carbocycles. The Hall–Kier alpha value is -2.87. The van der Waals surface area contributed by atoms with Crippen molar-refractivity contribution in [2.45, 2.75) is 13.8 Å². The number of carbonyl (C=O) groups excluding carboxylic acids is 2. The van der Waals surface area contributed by atoms with Gasteiger partial charge < -0.3 is 9.47 Å². The normalized spacial score (nSPS) is 10.5. The standard InChI is InChI=1S/C17H19N3O4S/c1-3-23-14-6-4-5-7-15(14)24-10-17(22)20-19-16(21)9-8-13-11-25-12(2)18-13/h4-9,11H,3,10H2,1-2H3,(H,19,21)(H,20,22)/b9-8+. The number of ether oxygens (including phenoxy) is 2. The lowest BCUT2D eigenvalue weighted by Gasteiger charge is -2.11. The molecule has 0 fully saturated rings. The SMILES string of the molecule is CCOc1ccccc1OCC(=O)NNC(=O)/C=C/c1csc(C)n1. The molecule has 2 N–H and O–H groups in total. The second kappa shape index (κ2) is 9.43. The van der Waals surface area contributed by atoms with E-state index < -0.39 is 11.8 Å². The van der Waals surface area contributed by atoms with E-state index in [1.54, 1.807) is 24.3 Å². The lowest BCUT2D eigenvalue weighted by atomic mass is 10.3. The fourth-order valence-corrected chi connectivity index (χ4v) is 2.39. The van der Waals surface area contributed by atoms with Gasteiger partial charge in [0.25, 0.3) is 11.8 Å². The van der Waals surface area contributed by atoms with Gasteiger partial charge in [-0.15, -0.1) is 11.3 Å². The van der Waals surface area contributed by atoms with E-state index in [9.17, 15) is 9.59 Å². The summed E-state index contributed by atoms with van der Waals surface area (Å²) >= 11 is 1.49. The van der Waals surface area contributed by atoms with Crippen LogP contribution in [0.5, 0.6) is 11.5 Å². The van der Waals surface area contributed by atoms with E-state index in [4.69, 9.17) is 9.47 Å². The van der Waals surface area contributed by atoms with Crippen molar-refractivity contribution >= 4 is 29.2 Å². The number of para-hydroxylation sites is 2. The molecule has 0 saturated heterocycles. The molecule has 1 aromatic heterocycles. The molecule has 0 unspecified atom stereocenters. The first-order chi connectivity index (χ1) is 12.1. The van der Waals surface area contributed by atoms with Crippen molar-refractivity contribution in [1.29, 1.82) is 0 Å². The zero-order valence-electron chi connectivity index (χ0n) is 13.9. The number of hydrogen-bond acceptors (Lipinski definition) is 6. The van der Waals surface area contributed by atoms with Crippen LogP contribution in [0.1, 0.15) is 17.6 Å². The van der Waals surface area contributed by atoms with Gasteiger partial charge in [-0.1, -0.05) is 12.1 Å². The van der Waals surface area contributed by atoms with Gasteiger partial charge in [0.05, 0.1) is 17.3 Å². The monoisotopic (exact) mass is 361 g/mol. The van der Waals surface area contributed by atoms with Crippen LogP contribution in [0.4, 0.5) is 0 Å². The summed E-state index contributed by atoms with van der Waals surface area (Å²) in [4.78, 5) is 27.6. The van der Waals surface area contributed by atoms with E-state index in [1.807, 2.05) is 25.3 Å². The second-order valence-corrected chi connectivity index (χ2v) is 5.89. The molecule has 0 radical (unpaired) electrons. The Morgan fingerprint density at radius 3 is 2.56 bits per heavy atom. The number of thiazole rings is 1. The van der Waals surface area contributed by atoms with Crippen molar-refractivity contribution in [3.8, 4) is 11.5 Å². The average Bonchev–Trinajstić information content (AvgIpc) is 3.03. The lowest BCUT2D eigenvalue weighted by Crippen LogP contribution is -2.43. The molecule has 25 heavy (non-hydrogen) atoms. The topological polar surface area (TPSA) is 89.5 Å². The van der Waals surface area contributed by atoms with E-state index in [1.165, 1.54) is 17.4 Å². The second-order valence-electron chi connectivity index (χ2n) is 4.83. The van der Waals surface area contributed by atoms with Crippen molar-refractivity contribution < 1.29 is 19.1 Å². The van der Waals surface area contributed by atoms with Gasteiger partial charge >= 0.3 is 0 Å². The molecule has 2 amide bonds. The minimum atomic E-state index is -0.488. The van der Waals surface area contributed by atoms with E-state index in [0.29, 0.717) is 23.8 Å². The number of aromatic nitrogens is 1. The van der Waals surface area contributed by atoms with Crippen LogP contribution < -0.4 is 20.3 Å². The number of hydrogen-bond donors (Lipinski definition) is 2. The summed E-state index contributed by atoms with van der Waals surface area (Å²) in [6.45, 7) is 3.98. The highest BCUT2D eigenvalue weighted by Crippen LogP contribution is 2.26.